The number of halogens is 1. The third kappa shape index (κ3) is 1.63. The van der Waals surface area contributed by atoms with Crippen LogP contribution in [0.1, 0.15) is 0 Å². The summed E-state index contributed by atoms with van der Waals surface area (Å²) in [5.74, 6) is 0.311. The van der Waals surface area contributed by atoms with E-state index in [0.29, 0.717) is 21.7 Å². The average Bonchev–Trinajstić information content (AvgIpc) is 2.87. The van der Waals surface area contributed by atoms with Gasteiger partial charge in [-0.3, -0.25) is 0 Å². The van der Waals surface area contributed by atoms with E-state index in [0.717, 1.165) is 0 Å². The van der Waals surface area contributed by atoms with E-state index in [9.17, 15) is 4.79 Å². The predicted octanol–water partition coefficient (Wildman–Crippen LogP) is 3.91. The Labute approximate surface area is 133 Å². The Morgan fingerprint density at radius 2 is 1.17 bits per heavy atom. The van der Waals surface area contributed by atoms with Gasteiger partial charge in [-0.2, -0.15) is 0 Å². The predicted molar refractivity (Wildman–Crippen MR) is 92.3 cm³/mol. The zero-order chi connectivity index (χ0) is 15.9. The first kappa shape index (κ1) is 14.1. The first-order valence-electron chi connectivity index (χ1n) is 7.32. The van der Waals surface area contributed by atoms with Crippen LogP contribution in [0.5, 0.6) is 5.75 Å². The number of benzene rings is 3. The van der Waals surface area contributed by atoms with Crippen LogP contribution < -0.4 is 20.7 Å². The van der Waals surface area contributed by atoms with Crippen molar-refractivity contribution in [2.75, 3.05) is 0 Å². The molecule has 0 atom stereocenters. The molecule has 0 amide bonds. The summed E-state index contributed by atoms with van der Waals surface area (Å²) in [5, 5.41) is 1.10. The Morgan fingerprint density at radius 1 is 0.696 bits per heavy atom. The summed E-state index contributed by atoms with van der Waals surface area (Å²) in [7, 11) is 0. The van der Waals surface area contributed by atoms with E-state index >= 15 is 4.20 Å². The molecular weight excluding hydrogens is 310 g/mol. The van der Waals surface area contributed by atoms with Crippen molar-refractivity contribution in [3.05, 3.63) is 84.9 Å². The van der Waals surface area contributed by atoms with Crippen LogP contribution in [-0.4, -0.2) is 5.71 Å². The van der Waals surface area contributed by atoms with E-state index in [1.807, 2.05) is 12.1 Å². The Balaban J connectivity index is 2.19. The first-order chi connectivity index (χ1) is 11.2. The van der Waals surface area contributed by atoms with Gasteiger partial charge in [-0.05, 0) is 0 Å². The molecule has 0 N–H and O–H groups in total. The van der Waals surface area contributed by atoms with Crippen molar-refractivity contribution in [2.24, 2.45) is 0 Å². The average molecular weight is 324 g/mol. The van der Waals surface area contributed by atoms with Crippen molar-refractivity contribution in [2.45, 2.75) is 0 Å². The molecule has 0 unspecified atom stereocenters. The van der Waals surface area contributed by atoms with Crippen molar-refractivity contribution in [3.63, 3.8) is 0 Å². The zero-order valence-electron chi connectivity index (χ0n) is 12.2. The van der Waals surface area contributed by atoms with Crippen molar-refractivity contribution >= 4 is 28.5 Å². The van der Waals surface area contributed by atoms with Crippen LogP contribution in [-0.2, 0) is 0 Å². The Kier molecular flexibility index (Phi) is 2.91. The molecule has 1 heterocycles. The molecule has 0 saturated carbocycles. The van der Waals surface area contributed by atoms with E-state index < -0.39 is 12.6 Å². The van der Waals surface area contributed by atoms with Gasteiger partial charge in [-0.1, -0.05) is 0 Å². The van der Waals surface area contributed by atoms with Gasteiger partial charge in [-0.15, -0.1) is 0 Å². The monoisotopic (exact) mass is 324 g/mol. The van der Waals surface area contributed by atoms with Gasteiger partial charge < -0.3 is 0 Å². The fourth-order valence-corrected chi connectivity index (χ4v) is 7.33. The number of para-hydroxylation sites is 1. The van der Waals surface area contributed by atoms with E-state index in [2.05, 4.69) is 0 Å². The molecule has 0 aliphatic carbocycles. The van der Waals surface area contributed by atoms with Crippen LogP contribution >= 0.6 is 6.91 Å². The van der Waals surface area contributed by atoms with Gasteiger partial charge in [-0.25, -0.2) is 0 Å². The molecule has 2 nitrogen and oxygen atoms in total. The van der Waals surface area contributed by atoms with E-state index in [1.165, 1.54) is 0 Å². The third-order valence-electron chi connectivity index (χ3n) is 4.34. The van der Waals surface area contributed by atoms with E-state index in [4.69, 9.17) is 4.74 Å². The van der Waals surface area contributed by atoms with Crippen molar-refractivity contribution in [3.8, 4) is 5.75 Å². The van der Waals surface area contributed by atoms with Crippen LogP contribution in [0.2, 0.25) is 0 Å². The van der Waals surface area contributed by atoms with Crippen LogP contribution in [0.3, 0.4) is 0 Å². The number of fused-ring (bicyclic) bond motifs is 1. The second-order valence-electron chi connectivity index (χ2n) is 5.52. The molecular formula is C19H14FO2P. The van der Waals surface area contributed by atoms with E-state index in [-0.39, 0.29) is 0 Å². The first-order valence-corrected chi connectivity index (χ1v) is 9.45. The number of ether oxygens (including phenoxy) is 1. The summed E-state index contributed by atoms with van der Waals surface area (Å²) in [6, 6.07) is 24.1. The van der Waals surface area contributed by atoms with Gasteiger partial charge in [0, 0.05) is 0 Å². The molecule has 114 valence electrons. The van der Waals surface area contributed by atoms with Crippen LogP contribution in [0, 0.1) is 0 Å². The molecule has 0 spiro atoms. The number of hydrogen-bond acceptors (Lipinski definition) is 2. The minimum atomic E-state index is -4.78. The molecule has 0 saturated heterocycles. The normalized spacial score (nSPS) is 19.2. The topological polar surface area (TPSA) is 26.3 Å². The Morgan fingerprint density at radius 3 is 1.74 bits per heavy atom. The number of carbonyl (C=O) groups is 1. The fourth-order valence-electron chi connectivity index (χ4n) is 3.22. The minimum absolute atomic E-state index is 0.311. The molecule has 0 bridgehead atoms. The molecule has 0 fully saturated rings. The van der Waals surface area contributed by atoms with Crippen molar-refractivity contribution in [1.82, 2.24) is 0 Å². The summed E-state index contributed by atoms with van der Waals surface area (Å²) < 4.78 is 22.6. The van der Waals surface area contributed by atoms with Crippen LogP contribution in [0.15, 0.2) is 84.9 Å². The summed E-state index contributed by atoms with van der Waals surface area (Å²) in [6.07, 6.45) is 0. The molecule has 3 aromatic rings. The second kappa shape index (κ2) is 4.74. The summed E-state index contributed by atoms with van der Waals surface area (Å²) in [4.78, 5) is 12.9. The van der Waals surface area contributed by atoms with Crippen molar-refractivity contribution in [1.29, 1.82) is 0 Å². The maximum absolute atomic E-state index is 17.2. The molecule has 1 aliphatic rings. The number of rotatable bonds is 2. The van der Waals surface area contributed by atoms with Gasteiger partial charge >= 0.3 is 133 Å². The molecule has 4 rings (SSSR count). The summed E-state index contributed by atoms with van der Waals surface area (Å²) >= 11 is 0. The maximum atomic E-state index is 17.2. The number of carbonyl (C=O) groups excluding carboxylic acids is 1. The fraction of sp³-hybridized carbons (Fsp3) is 0. The van der Waals surface area contributed by atoms with Crippen LogP contribution in [0.4, 0.5) is 8.99 Å². The SMILES string of the molecule is O=C1Oc2ccccc2P1(F)(c1ccccc1)c1ccccc1. The molecule has 4 heteroatoms. The Bertz CT molecular complexity index is 854. The van der Waals surface area contributed by atoms with Crippen LogP contribution in [0.25, 0.3) is 0 Å². The Hall–Kier alpha value is -2.51. The van der Waals surface area contributed by atoms with E-state index in [1.54, 1.807) is 72.8 Å². The third-order valence-corrected chi connectivity index (χ3v) is 8.93. The van der Waals surface area contributed by atoms with Gasteiger partial charge in [0.05, 0.1) is 0 Å². The van der Waals surface area contributed by atoms with Gasteiger partial charge in [0.2, 0.25) is 0 Å². The molecule has 1 aliphatic heterocycles. The van der Waals surface area contributed by atoms with Gasteiger partial charge in [0.25, 0.3) is 0 Å². The van der Waals surface area contributed by atoms with Gasteiger partial charge in [0.15, 0.2) is 0 Å². The van der Waals surface area contributed by atoms with Crippen molar-refractivity contribution < 1.29 is 13.7 Å². The quantitative estimate of drug-likeness (QED) is 0.668. The standard InChI is InChI=1S/C19H14FO2P/c20-23(15-9-3-1-4-10-15,16-11-5-2-6-12-16)18-14-8-7-13-17(18)22-19(23)21/h1-14H. The summed E-state index contributed by atoms with van der Waals surface area (Å²) in [5.41, 5.74) is -0.797. The summed E-state index contributed by atoms with van der Waals surface area (Å²) in [6.45, 7) is -4.78. The number of hydrogen-bond donors (Lipinski definition) is 0. The zero-order valence-corrected chi connectivity index (χ0v) is 13.1. The molecule has 0 aromatic heterocycles. The molecule has 23 heavy (non-hydrogen) atoms. The molecule has 3 aromatic carbocycles. The van der Waals surface area contributed by atoms with Gasteiger partial charge in [0.1, 0.15) is 0 Å². The second-order valence-corrected chi connectivity index (χ2v) is 9.41. The molecule has 0 radical (unpaired) electrons.